The third kappa shape index (κ3) is 3.40. The Morgan fingerprint density at radius 1 is 1.27 bits per heavy atom. The molecule has 8 heteroatoms. The van der Waals surface area contributed by atoms with Crippen LogP contribution in [-0.2, 0) is 16.1 Å². The number of nitrogens with zero attached hydrogens (tertiary/aromatic N) is 2. The monoisotopic (exact) mass is 305 g/mol. The highest BCUT2D eigenvalue weighted by Crippen LogP contribution is 2.17. The SMILES string of the molecule is CCOC(=O)c1cn[nH]c1OCc1ncccc1C(=O)OC. The van der Waals surface area contributed by atoms with E-state index >= 15 is 0 Å². The molecule has 0 aliphatic carbocycles. The van der Waals surface area contributed by atoms with Crippen molar-refractivity contribution in [3.8, 4) is 5.88 Å². The third-order valence-electron chi connectivity index (χ3n) is 2.75. The number of hydrogen-bond acceptors (Lipinski definition) is 7. The van der Waals surface area contributed by atoms with Crippen LogP contribution in [0.25, 0.3) is 0 Å². The van der Waals surface area contributed by atoms with Crippen molar-refractivity contribution < 1.29 is 23.8 Å². The Balaban J connectivity index is 2.13. The third-order valence-corrected chi connectivity index (χ3v) is 2.75. The first kappa shape index (κ1) is 15.5. The van der Waals surface area contributed by atoms with Gasteiger partial charge in [0, 0.05) is 6.20 Å². The Morgan fingerprint density at radius 3 is 2.82 bits per heavy atom. The molecule has 0 atom stereocenters. The summed E-state index contributed by atoms with van der Waals surface area (Å²) in [6.07, 6.45) is 2.84. The summed E-state index contributed by atoms with van der Waals surface area (Å²) >= 11 is 0. The highest BCUT2D eigenvalue weighted by atomic mass is 16.5. The summed E-state index contributed by atoms with van der Waals surface area (Å²) in [5.41, 5.74) is 0.860. The molecule has 2 rings (SSSR count). The van der Waals surface area contributed by atoms with E-state index in [4.69, 9.17) is 9.47 Å². The predicted molar refractivity (Wildman–Crippen MR) is 74.5 cm³/mol. The number of pyridine rings is 1. The smallest absolute Gasteiger partial charge is 0.345 e. The van der Waals surface area contributed by atoms with Crippen molar-refractivity contribution in [1.29, 1.82) is 0 Å². The number of hydrogen-bond donors (Lipinski definition) is 1. The lowest BCUT2D eigenvalue weighted by molar-refractivity contribution is 0.0519. The molecule has 2 heterocycles. The van der Waals surface area contributed by atoms with E-state index in [0.717, 1.165) is 0 Å². The number of aromatic amines is 1. The Morgan fingerprint density at radius 2 is 2.09 bits per heavy atom. The van der Waals surface area contributed by atoms with Gasteiger partial charge in [0.1, 0.15) is 12.2 Å². The molecule has 0 aliphatic heterocycles. The molecule has 0 radical (unpaired) electrons. The van der Waals surface area contributed by atoms with Gasteiger partial charge in [0.15, 0.2) is 0 Å². The first-order valence-corrected chi connectivity index (χ1v) is 6.52. The fourth-order valence-electron chi connectivity index (χ4n) is 1.73. The standard InChI is InChI=1S/C14H15N3O5/c1-3-21-14(19)10-7-16-17-12(10)22-8-11-9(13(18)20-2)5-4-6-15-11/h4-7H,3,8H2,1-2H3,(H,16,17). The zero-order valence-electron chi connectivity index (χ0n) is 12.2. The van der Waals surface area contributed by atoms with Crippen LogP contribution in [0.3, 0.4) is 0 Å². The topological polar surface area (TPSA) is 103 Å². The van der Waals surface area contributed by atoms with Crippen LogP contribution in [0.2, 0.25) is 0 Å². The first-order chi connectivity index (χ1) is 10.7. The normalized spacial score (nSPS) is 10.1. The highest BCUT2D eigenvalue weighted by Gasteiger charge is 2.18. The van der Waals surface area contributed by atoms with Gasteiger partial charge in [-0.15, -0.1) is 0 Å². The van der Waals surface area contributed by atoms with E-state index in [1.165, 1.54) is 19.5 Å². The summed E-state index contributed by atoms with van der Waals surface area (Å²) in [6.45, 7) is 1.92. The minimum absolute atomic E-state index is 0.0279. The maximum absolute atomic E-state index is 11.7. The van der Waals surface area contributed by atoms with Gasteiger partial charge >= 0.3 is 11.9 Å². The maximum atomic E-state index is 11.7. The molecule has 22 heavy (non-hydrogen) atoms. The molecule has 1 N–H and O–H groups in total. The Labute approximate surface area is 126 Å². The van der Waals surface area contributed by atoms with Crippen LogP contribution in [0, 0.1) is 0 Å². The number of carbonyl (C=O) groups excluding carboxylic acids is 2. The van der Waals surface area contributed by atoms with Crippen molar-refractivity contribution in [1.82, 2.24) is 15.2 Å². The maximum Gasteiger partial charge on any atom is 0.345 e. The van der Waals surface area contributed by atoms with Gasteiger partial charge in [0.25, 0.3) is 0 Å². The minimum Gasteiger partial charge on any atom is -0.471 e. The van der Waals surface area contributed by atoms with Gasteiger partial charge in [-0.25, -0.2) is 14.7 Å². The number of esters is 2. The van der Waals surface area contributed by atoms with Gasteiger partial charge in [0.2, 0.25) is 5.88 Å². The van der Waals surface area contributed by atoms with Crippen molar-refractivity contribution in [2.75, 3.05) is 13.7 Å². The van der Waals surface area contributed by atoms with Crippen LogP contribution in [0.5, 0.6) is 5.88 Å². The number of carbonyl (C=O) groups is 2. The molecule has 0 bridgehead atoms. The van der Waals surface area contributed by atoms with Gasteiger partial charge in [-0.1, -0.05) is 0 Å². The summed E-state index contributed by atoms with van der Waals surface area (Å²) in [5, 5.41) is 6.31. The van der Waals surface area contributed by atoms with Crippen LogP contribution in [0.15, 0.2) is 24.5 Å². The van der Waals surface area contributed by atoms with E-state index in [-0.39, 0.29) is 24.7 Å². The highest BCUT2D eigenvalue weighted by molar-refractivity contribution is 5.91. The minimum atomic E-state index is -0.541. The lowest BCUT2D eigenvalue weighted by Crippen LogP contribution is -2.11. The van der Waals surface area contributed by atoms with Crippen molar-refractivity contribution in [3.05, 3.63) is 41.3 Å². The lowest BCUT2D eigenvalue weighted by atomic mass is 10.2. The molecule has 8 nitrogen and oxygen atoms in total. The predicted octanol–water partition coefficient (Wildman–Crippen LogP) is 1.35. The molecule has 0 aliphatic rings. The quantitative estimate of drug-likeness (QED) is 0.803. The molecular formula is C14H15N3O5. The molecule has 116 valence electrons. The number of ether oxygens (including phenoxy) is 3. The van der Waals surface area contributed by atoms with Crippen molar-refractivity contribution in [2.45, 2.75) is 13.5 Å². The van der Waals surface area contributed by atoms with E-state index in [2.05, 4.69) is 19.9 Å². The van der Waals surface area contributed by atoms with Crippen LogP contribution in [0.4, 0.5) is 0 Å². The largest absolute Gasteiger partial charge is 0.471 e. The summed E-state index contributed by atoms with van der Waals surface area (Å²) in [6, 6.07) is 3.20. The molecule has 0 saturated carbocycles. The molecule has 2 aromatic heterocycles. The van der Waals surface area contributed by atoms with Gasteiger partial charge in [-0.3, -0.25) is 4.98 Å². The average molecular weight is 305 g/mol. The second kappa shape index (κ2) is 7.21. The Bertz CT molecular complexity index is 668. The van der Waals surface area contributed by atoms with Crippen LogP contribution < -0.4 is 4.74 Å². The average Bonchev–Trinajstić information content (AvgIpc) is 3.01. The van der Waals surface area contributed by atoms with Gasteiger partial charge < -0.3 is 14.2 Å². The molecule has 2 aromatic rings. The van der Waals surface area contributed by atoms with Crippen molar-refractivity contribution >= 4 is 11.9 Å². The van der Waals surface area contributed by atoms with Gasteiger partial charge in [-0.05, 0) is 19.1 Å². The molecule has 0 amide bonds. The zero-order chi connectivity index (χ0) is 15.9. The Kier molecular flexibility index (Phi) is 5.07. The summed E-state index contributed by atoms with van der Waals surface area (Å²) < 4.78 is 15.0. The molecular weight excluding hydrogens is 290 g/mol. The number of H-pyrrole nitrogens is 1. The van der Waals surface area contributed by atoms with Crippen molar-refractivity contribution in [2.24, 2.45) is 0 Å². The molecule has 0 fully saturated rings. The number of nitrogens with one attached hydrogen (secondary N) is 1. The van der Waals surface area contributed by atoms with E-state index in [9.17, 15) is 9.59 Å². The van der Waals surface area contributed by atoms with Crippen LogP contribution >= 0.6 is 0 Å². The number of rotatable bonds is 6. The molecule has 0 aromatic carbocycles. The fraction of sp³-hybridized carbons (Fsp3) is 0.286. The van der Waals surface area contributed by atoms with E-state index in [1.807, 2.05) is 0 Å². The molecule has 0 unspecified atom stereocenters. The van der Waals surface area contributed by atoms with E-state index in [1.54, 1.807) is 19.1 Å². The van der Waals surface area contributed by atoms with Crippen molar-refractivity contribution in [3.63, 3.8) is 0 Å². The van der Waals surface area contributed by atoms with E-state index < -0.39 is 11.9 Å². The van der Waals surface area contributed by atoms with Crippen LogP contribution in [0.1, 0.15) is 33.3 Å². The summed E-state index contributed by atoms with van der Waals surface area (Å²) in [5.74, 6) is -0.901. The Hall–Kier alpha value is -2.90. The first-order valence-electron chi connectivity index (χ1n) is 6.52. The van der Waals surface area contributed by atoms with Crippen LogP contribution in [-0.4, -0.2) is 40.8 Å². The number of methoxy groups -OCH3 is 1. The summed E-state index contributed by atoms with van der Waals surface area (Å²) in [4.78, 5) is 27.4. The number of aromatic nitrogens is 3. The summed E-state index contributed by atoms with van der Waals surface area (Å²) in [7, 11) is 1.29. The second-order valence-corrected chi connectivity index (χ2v) is 4.11. The fourth-order valence-corrected chi connectivity index (χ4v) is 1.73. The zero-order valence-corrected chi connectivity index (χ0v) is 12.2. The van der Waals surface area contributed by atoms with E-state index in [0.29, 0.717) is 11.3 Å². The lowest BCUT2D eigenvalue weighted by Gasteiger charge is -2.08. The van der Waals surface area contributed by atoms with Gasteiger partial charge in [-0.2, -0.15) is 5.10 Å². The molecule has 0 spiro atoms. The molecule has 0 saturated heterocycles. The second-order valence-electron chi connectivity index (χ2n) is 4.11. The van der Waals surface area contributed by atoms with Gasteiger partial charge in [0.05, 0.1) is 31.2 Å².